The number of rotatable bonds is 6. The highest BCUT2D eigenvalue weighted by Crippen LogP contribution is 2.33. The molecule has 7 nitrogen and oxygen atoms in total. The molecular formula is C16H34O7. The maximum absolute atomic E-state index is 9.71. The van der Waals surface area contributed by atoms with E-state index in [9.17, 15) is 5.11 Å². The van der Waals surface area contributed by atoms with Gasteiger partial charge in [0.05, 0.1) is 19.3 Å². The molecule has 1 aliphatic carbocycles. The fourth-order valence-electron chi connectivity index (χ4n) is 2.82. The molecule has 0 heterocycles. The van der Waals surface area contributed by atoms with Gasteiger partial charge in [0.25, 0.3) is 0 Å². The van der Waals surface area contributed by atoms with E-state index in [4.69, 9.17) is 30.6 Å². The minimum Gasteiger partial charge on any atom is -0.394 e. The first-order valence-corrected chi connectivity index (χ1v) is 8.27. The quantitative estimate of drug-likeness (QED) is 0.324. The lowest BCUT2D eigenvalue weighted by molar-refractivity contribution is -0.123. The van der Waals surface area contributed by atoms with Crippen molar-refractivity contribution >= 4 is 0 Å². The zero-order valence-corrected chi connectivity index (χ0v) is 14.3. The summed E-state index contributed by atoms with van der Waals surface area (Å²) in [5.74, 6) is 1.95. The van der Waals surface area contributed by atoms with E-state index in [2.05, 4.69) is 20.8 Å². The van der Waals surface area contributed by atoms with E-state index in [0.717, 1.165) is 12.3 Å². The van der Waals surface area contributed by atoms with Gasteiger partial charge in [0, 0.05) is 0 Å². The molecule has 1 fully saturated rings. The van der Waals surface area contributed by atoms with E-state index >= 15 is 0 Å². The van der Waals surface area contributed by atoms with Crippen LogP contribution in [0.4, 0.5) is 0 Å². The fraction of sp³-hybridized carbons (Fsp3) is 1.00. The van der Waals surface area contributed by atoms with E-state index in [1.807, 2.05) is 0 Å². The van der Waals surface area contributed by atoms with Crippen LogP contribution in [0.1, 0.15) is 40.0 Å². The van der Waals surface area contributed by atoms with Crippen molar-refractivity contribution in [2.24, 2.45) is 17.8 Å². The Balaban J connectivity index is 0.000000422. The summed E-state index contributed by atoms with van der Waals surface area (Å²) in [7, 11) is 0. The molecule has 0 radical (unpaired) electrons. The lowest BCUT2D eigenvalue weighted by Crippen LogP contribution is -2.46. The van der Waals surface area contributed by atoms with Gasteiger partial charge in [0.15, 0.2) is 0 Å². The second-order valence-corrected chi connectivity index (χ2v) is 6.87. The zero-order valence-electron chi connectivity index (χ0n) is 14.3. The molecule has 23 heavy (non-hydrogen) atoms. The summed E-state index contributed by atoms with van der Waals surface area (Å²) in [6.45, 7) is 5.21. The summed E-state index contributed by atoms with van der Waals surface area (Å²) in [5, 5.41) is 61.9. The highest BCUT2D eigenvalue weighted by Gasteiger charge is 2.29. The van der Waals surface area contributed by atoms with E-state index in [1.54, 1.807) is 0 Å². The molecule has 0 bridgehead atoms. The first-order valence-electron chi connectivity index (χ1n) is 8.27. The summed E-state index contributed by atoms with van der Waals surface area (Å²) in [4.78, 5) is 0. The van der Waals surface area contributed by atoms with Crippen molar-refractivity contribution in [2.75, 3.05) is 13.2 Å². The minimum atomic E-state index is -1.67. The average molecular weight is 338 g/mol. The molecule has 0 spiro atoms. The van der Waals surface area contributed by atoms with E-state index < -0.39 is 37.6 Å². The molecule has 0 aromatic carbocycles. The van der Waals surface area contributed by atoms with Crippen LogP contribution in [0.5, 0.6) is 0 Å². The molecule has 7 unspecified atom stereocenters. The topological polar surface area (TPSA) is 142 Å². The first-order chi connectivity index (χ1) is 10.6. The van der Waals surface area contributed by atoms with Gasteiger partial charge in [-0.3, -0.25) is 0 Å². The van der Waals surface area contributed by atoms with Gasteiger partial charge in [-0.05, 0) is 30.6 Å². The van der Waals surface area contributed by atoms with Crippen LogP contribution in [0.15, 0.2) is 0 Å². The van der Waals surface area contributed by atoms with Crippen LogP contribution in [0, 0.1) is 17.8 Å². The number of hydrogen-bond acceptors (Lipinski definition) is 7. The van der Waals surface area contributed by atoms with Crippen LogP contribution in [-0.4, -0.2) is 79.5 Å². The molecular weight excluding hydrogens is 304 g/mol. The first kappa shape index (κ1) is 22.7. The monoisotopic (exact) mass is 338 g/mol. The van der Waals surface area contributed by atoms with Gasteiger partial charge in [-0.2, -0.15) is 0 Å². The van der Waals surface area contributed by atoms with Gasteiger partial charge < -0.3 is 35.7 Å². The van der Waals surface area contributed by atoms with Crippen molar-refractivity contribution in [1.82, 2.24) is 0 Å². The maximum Gasteiger partial charge on any atom is 0.111 e. The molecule has 0 aromatic heterocycles. The van der Waals surface area contributed by atoms with Gasteiger partial charge in [-0.1, -0.05) is 27.2 Å². The summed E-state index contributed by atoms with van der Waals surface area (Å²) in [5.41, 5.74) is 0. The molecule has 0 aliphatic heterocycles. The summed E-state index contributed by atoms with van der Waals surface area (Å²) >= 11 is 0. The Bertz CT molecular complexity index is 286. The molecule has 1 rings (SSSR count). The molecule has 1 aliphatic rings. The Morgan fingerprint density at radius 3 is 1.61 bits per heavy atom. The third kappa shape index (κ3) is 7.89. The second-order valence-electron chi connectivity index (χ2n) is 6.87. The van der Waals surface area contributed by atoms with Crippen molar-refractivity contribution in [3.05, 3.63) is 0 Å². The molecule has 0 aromatic rings. The second kappa shape index (κ2) is 11.3. The summed E-state index contributed by atoms with van der Waals surface area (Å²) in [6, 6.07) is 0. The number of hydrogen-bond donors (Lipinski definition) is 7. The van der Waals surface area contributed by atoms with Crippen molar-refractivity contribution in [3.63, 3.8) is 0 Å². The smallest absolute Gasteiger partial charge is 0.111 e. The van der Waals surface area contributed by atoms with Gasteiger partial charge in [0.2, 0.25) is 0 Å². The van der Waals surface area contributed by atoms with Crippen molar-refractivity contribution in [2.45, 2.75) is 70.6 Å². The SMILES string of the molecule is CC1CCC(C(C)C)C(O)C1.OCC(O)C(O)C(O)C(O)CO. The van der Waals surface area contributed by atoms with Crippen molar-refractivity contribution < 1.29 is 35.7 Å². The Hall–Kier alpha value is -0.280. The third-order valence-corrected chi connectivity index (χ3v) is 4.50. The Morgan fingerprint density at radius 2 is 1.30 bits per heavy atom. The lowest BCUT2D eigenvalue weighted by Gasteiger charge is -2.33. The molecule has 7 N–H and O–H groups in total. The number of aliphatic hydroxyl groups excluding tert-OH is 7. The van der Waals surface area contributed by atoms with Gasteiger partial charge >= 0.3 is 0 Å². The summed E-state index contributed by atoms with van der Waals surface area (Å²) < 4.78 is 0. The lowest BCUT2D eigenvalue weighted by atomic mass is 9.75. The highest BCUT2D eigenvalue weighted by molar-refractivity contribution is 4.80. The van der Waals surface area contributed by atoms with Crippen molar-refractivity contribution in [1.29, 1.82) is 0 Å². The Morgan fingerprint density at radius 1 is 0.870 bits per heavy atom. The fourth-order valence-corrected chi connectivity index (χ4v) is 2.82. The van der Waals surface area contributed by atoms with Gasteiger partial charge in [0.1, 0.15) is 24.4 Å². The molecule has 140 valence electrons. The largest absolute Gasteiger partial charge is 0.394 e. The van der Waals surface area contributed by atoms with Crippen LogP contribution in [0.3, 0.4) is 0 Å². The van der Waals surface area contributed by atoms with Gasteiger partial charge in [-0.25, -0.2) is 0 Å². The predicted molar refractivity (Wildman–Crippen MR) is 85.5 cm³/mol. The van der Waals surface area contributed by atoms with E-state index in [1.165, 1.54) is 12.8 Å². The minimum absolute atomic E-state index is 0.0289. The maximum atomic E-state index is 9.71. The molecule has 7 atom stereocenters. The highest BCUT2D eigenvalue weighted by atomic mass is 16.4. The zero-order chi connectivity index (χ0) is 18.2. The summed E-state index contributed by atoms with van der Waals surface area (Å²) in [6.07, 6.45) is -2.88. The Kier molecular flexibility index (Phi) is 11.2. The van der Waals surface area contributed by atoms with Crippen LogP contribution >= 0.6 is 0 Å². The van der Waals surface area contributed by atoms with E-state index in [0.29, 0.717) is 11.8 Å². The Labute approximate surface area is 138 Å². The third-order valence-electron chi connectivity index (χ3n) is 4.50. The van der Waals surface area contributed by atoms with E-state index in [-0.39, 0.29) is 6.10 Å². The van der Waals surface area contributed by atoms with Crippen LogP contribution < -0.4 is 0 Å². The van der Waals surface area contributed by atoms with Crippen LogP contribution in [-0.2, 0) is 0 Å². The molecule has 0 amide bonds. The molecule has 1 saturated carbocycles. The van der Waals surface area contributed by atoms with Crippen LogP contribution in [0.25, 0.3) is 0 Å². The van der Waals surface area contributed by atoms with Crippen molar-refractivity contribution in [3.8, 4) is 0 Å². The van der Waals surface area contributed by atoms with Gasteiger partial charge in [-0.15, -0.1) is 0 Å². The standard InChI is InChI=1S/C10H20O.C6H14O6/c1-7(2)9-5-4-8(3)6-10(9)11;7-1-3(9)5(11)6(12)4(10)2-8/h7-11H,4-6H2,1-3H3;3-12H,1-2H2. The number of aliphatic hydroxyl groups is 7. The average Bonchev–Trinajstić information content (AvgIpc) is 2.51. The molecule has 7 heteroatoms. The van der Waals surface area contributed by atoms with Crippen LogP contribution in [0.2, 0.25) is 0 Å². The normalized spacial score (nSPS) is 30.1. The predicted octanol–water partition coefficient (Wildman–Crippen LogP) is -1.15. The molecule has 0 saturated heterocycles.